The highest BCUT2D eigenvalue weighted by Crippen LogP contribution is 2.32. The normalized spacial score (nSPS) is 14.6. The van der Waals surface area contributed by atoms with Crippen molar-refractivity contribution in [3.05, 3.63) is 11.9 Å². The molecule has 0 radical (unpaired) electrons. The van der Waals surface area contributed by atoms with Crippen molar-refractivity contribution in [3.8, 4) is 5.88 Å². The summed E-state index contributed by atoms with van der Waals surface area (Å²) in [5.74, 6) is 3.33. The molecule has 1 saturated carbocycles. The van der Waals surface area contributed by atoms with Crippen molar-refractivity contribution in [2.75, 3.05) is 18.5 Å². The van der Waals surface area contributed by atoms with Gasteiger partial charge in [-0.05, 0) is 18.8 Å². The standard InChI is InChI=1S/C14H23N3O/c1-3-8-15-13-10-14(17-12(4-2)16-13)18-9-7-11-5-6-11/h10-11H,3-9H2,1-2H3,(H,15,16,17). The number of hydrogen-bond donors (Lipinski definition) is 1. The van der Waals surface area contributed by atoms with Crippen molar-refractivity contribution in [1.82, 2.24) is 9.97 Å². The third kappa shape index (κ3) is 4.17. The molecule has 4 nitrogen and oxygen atoms in total. The van der Waals surface area contributed by atoms with E-state index in [-0.39, 0.29) is 0 Å². The van der Waals surface area contributed by atoms with Crippen LogP contribution < -0.4 is 10.1 Å². The van der Waals surface area contributed by atoms with Crippen LogP contribution in [0.4, 0.5) is 5.82 Å². The number of nitrogens with zero attached hydrogens (tertiary/aromatic N) is 2. The summed E-state index contributed by atoms with van der Waals surface area (Å²) < 4.78 is 5.73. The quantitative estimate of drug-likeness (QED) is 0.769. The summed E-state index contributed by atoms with van der Waals surface area (Å²) in [4.78, 5) is 8.85. The predicted molar refractivity (Wildman–Crippen MR) is 73.0 cm³/mol. The Kier molecular flexibility index (Phi) is 4.79. The minimum atomic E-state index is 0.709. The first-order chi connectivity index (χ1) is 8.81. The monoisotopic (exact) mass is 249 g/mol. The van der Waals surface area contributed by atoms with E-state index in [2.05, 4.69) is 29.1 Å². The van der Waals surface area contributed by atoms with E-state index in [1.54, 1.807) is 0 Å². The molecule has 1 aliphatic carbocycles. The van der Waals surface area contributed by atoms with Gasteiger partial charge in [-0.3, -0.25) is 0 Å². The number of aryl methyl sites for hydroxylation is 1. The third-order valence-electron chi connectivity index (χ3n) is 3.09. The Hall–Kier alpha value is -1.32. The highest BCUT2D eigenvalue weighted by Gasteiger charge is 2.20. The zero-order valence-electron chi connectivity index (χ0n) is 11.4. The molecule has 1 aromatic rings. The molecule has 4 heteroatoms. The lowest BCUT2D eigenvalue weighted by molar-refractivity contribution is 0.290. The Morgan fingerprint density at radius 1 is 1.33 bits per heavy atom. The second-order valence-electron chi connectivity index (χ2n) is 4.87. The second kappa shape index (κ2) is 6.57. The van der Waals surface area contributed by atoms with Crippen LogP contribution in [0.2, 0.25) is 0 Å². The number of ether oxygens (including phenoxy) is 1. The lowest BCUT2D eigenvalue weighted by Gasteiger charge is -2.09. The highest BCUT2D eigenvalue weighted by molar-refractivity contribution is 5.38. The Labute approximate surface area is 109 Å². The van der Waals surface area contributed by atoms with E-state index in [1.807, 2.05) is 6.07 Å². The van der Waals surface area contributed by atoms with E-state index in [4.69, 9.17) is 4.74 Å². The van der Waals surface area contributed by atoms with E-state index in [9.17, 15) is 0 Å². The van der Waals surface area contributed by atoms with Gasteiger partial charge in [0.1, 0.15) is 11.6 Å². The first kappa shape index (κ1) is 13.1. The van der Waals surface area contributed by atoms with E-state index in [1.165, 1.54) is 12.8 Å². The second-order valence-corrected chi connectivity index (χ2v) is 4.87. The first-order valence-electron chi connectivity index (χ1n) is 7.06. The molecule has 0 saturated heterocycles. The van der Waals surface area contributed by atoms with Crippen molar-refractivity contribution in [2.45, 2.75) is 46.0 Å². The summed E-state index contributed by atoms with van der Waals surface area (Å²) in [6, 6.07) is 1.90. The van der Waals surface area contributed by atoms with Gasteiger partial charge in [0, 0.05) is 19.0 Å². The third-order valence-corrected chi connectivity index (χ3v) is 3.09. The molecular formula is C14H23N3O. The molecule has 0 bridgehead atoms. The smallest absolute Gasteiger partial charge is 0.218 e. The van der Waals surface area contributed by atoms with Crippen LogP contribution in [0, 0.1) is 5.92 Å². The highest BCUT2D eigenvalue weighted by atomic mass is 16.5. The van der Waals surface area contributed by atoms with Crippen molar-refractivity contribution in [2.24, 2.45) is 5.92 Å². The molecule has 0 spiro atoms. The van der Waals surface area contributed by atoms with Crippen molar-refractivity contribution < 1.29 is 4.74 Å². The molecule has 0 atom stereocenters. The molecule has 1 aliphatic rings. The maximum Gasteiger partial charge on any atom is 0.218 e. The molecule has 0 aliphatic heterocycles. The summed E-state index contributed by atoms with van der Waals surface area (Å²) >= 11 is 0. The fraction of sp³-hybridized carbons (Fsp3) is 0.714. The van der Waals surface area contributed by atoms with Crippen LogP contribution >= 0.6 is 0 Å². The number of aromatic nitrogens is 2. The zero-order chi connectivity index (χ0) is 12.8. The van der Waals surface area contributed by atoms with Crippen molar-refractivity contribution in [1.29, 1.82) is 0 Å². The van der Waals surface area contributed by atoms with Gasteiger partial charge < -0.3 is 10.1 Å². The van der Waals surface area contributed by atoms with Gasteiger partial charge in [0.05, 0.1) is 6.61 Å². The summed E-state index contributed by atoms with van der Waals surface area (Å²) in [5.41, 5.74) is 0. The largest absolute Gasteiger partial charge is 0.478 e. The number of anilines is 1. The van der Waals surface area contributed by atoms with Crippen LogP contribution in [0.25, 0.3) is 0 Å². The molecule has 1 aromatic heterocycles. The van der Waals surface area contributed by atoms with Gasteiger partial charge in [-0.25, -0.2) is 4.98 Å². The average Bonchev–Trinajstić information content (AvgIpc) is 3.20. The lowest BCUT2D eigenvalue weighted by Crippen LogP contribution is -2.07. The number of nitrogens with one attached hydrogen (secondary N) is 1. The first-order valence-corrected chi connectivity index (χ1v) is 7.06. The van der Waals surface area contributed by atoms with Gasteiger partial charge in [0.25, 0.3) is 0 Å². The van der Waals surface area contributed by atoms with Gasteiger partial charge in [-0.15, -0.1) is 0 Å². The van der Waals surface area contributed by atoms with E-state index in [0.29, 0.717) is 5.88 Å². The molecule has 0 aromatic carbocycles. The topological polar surface area (TPSA) is 47.0 Å². The SMILES string of the molecule is CCCNc1cc(OCCC2CC2)nc(CC)n1. The molecule has 100 valence electrons. The van der Waals surface area contributed by atoms with Gasteiger partial charge in [-0.2, -0.15) is 4.98 Å². The van der Waals surface area contributed by atoms with E-state index < -0.39 is 0 Å². The average molecular weight is 249 g/mol. The van der Waals surface area contributed by atoms with Crippen LogP contribution in [0.15, 0.2) is 6.07 Å². The lowest BCUT2D eigenvalue weighted by atomic mass is 10.3. The Balaban J connectivity index is 1.92. The van der Waals surface area contributed by atoms with Gasteiger partial charge >= 0.3 is 0 Å². The van der Waals surface area contributed by atoms with E-state index >= 15 is 0 Å². The molecule has 0 unspecified atom stereocenters. The molecule has 1 fully saturated rings. The van der Waals surface area contributed by atoms with Crippen molar-refractivity contribution in [3.63, 3.8) is 0 Å². The van der Waals surface area contributed by atoms with Gasteiger partial charge in [-0.1, -0.05) is 26.7 Å². The van der Waals surface area contributed by atoms with Crippen molar-refractivity contribution >= 4 is 5.82 Å². The Morgan fingerprint density at radius 3 is 2.83 bits per heavy atom. The maximum atomic E-state index is 5.73. The fourth-order valence-electron chi connectivity index (χ4n) is 1.79. The van der Waals surface area contributed by atoms with Crippen LogP contribution in [-0.2, 0) is 6.42 Å². The summed E-state index contributed by atoms with van der Waals surface area (Å²) in [5, 5.41) is 3.29. The zero-order valence-corrected chi connectivity index (χ0v) is 11.4. The maximum absolute atomic E-state index is 5.73. The van der Waals surface area contributed by atoms with Crippen LogP contribution in [-0.4, -0.2) is 23.1 Å². The minimum absolute atomic E-state index is 0.709. The summed E-state index contributed by atoms with van der Waals surface area (Å²) in [7, 11) is 0. The molecule has 0 amide bonds. The van der Waals surface area contributed by atoms with Crippen LogP contribution in [0.3, 0.4) is 0 Å². The van der Waals surface area contributed by atoms with Crippen LogP contribution in [0.5, 0.6) is 5.88 Å². The van der Waals surface area contributed by atoms with Crippen LogP contribution in [0.1, 0.15) is 45.4 Å². The molecule has 18 heavy (non-hydrogen) atoms. The molecule has 2 rings (SSSR count). The molecular weight excluding hydrogens is 226 g/mol. The number of hydrogen-bond acceptors (Lipinski definition) is 4. The van der Waals surface area contributed by atoms with Gasteiger partial charge in [0.2, 0.25) is 5.88 Å². The molecule has 1 heterocycles. The minimum Gasteiger partial charge on any atom is -0.478 e. The molecule has 1 N–H and O–H groups in total. The fourth-order valence-corrected chi connectivity index (χ4v) is 1.79. The van der Waals surface area contributed by atoms with Gasteiger partial charge in [0.15, 0.2) is 0 Å². The Morgan fingerprint density at radius 2 is 2.17 bits per heavy atom. The summed E-state index contributed by atoms with van der Waals surface area (Å²) in [6.07, 6.45) is 5.82. The van der Waals surface area contributed by atoms with E-state index in [0.717, 1.165) is 50.0 Å². The predicted octanol–water partition coefficient (Wildman–Crippen LogP) is 3.04. The Bertz CT molecular complexity index is 377. The number of rotatable bonds is 8. The summed E-state index contributed by atoms with van der Waals surface area (Å²) in [6.45, 7) is 5.91.